The SMILES string of the molecule is CC(N)=NCC[C@@H](C)C(=O)O. The molecule has 0 saturated heterocycles. The fourth-order valence-electron chi connectivity index (χ4n) is 0.558. The Labute approximate surface area is 66.1 Å². The van der Waals surface area contributed by atoms with Gasteiger partial charge in [0.05, 0.1) is 11.8 Å². The number of hydrogen-bond donors (Lipinski definition) is 2. The van der Waals surface area contributed by atoms with Gasteiger partial charge < -0.3 is 10.8 Å². The quantitative estimate of drug-likeness (QED) is 0.461. The highest BCUT2D eigenvalue weighted by Gasteiger charge is 2.08. The zero-order valence-corrected chi connectivity index (χ0v) is 6.87. The van der Waals surface area contributed by atoms with Crippen molar-refractivity contribution in [1.82, 2.24) is 0 Å². The summed E-state index contributed by atoms with van der Waals surface area (Å²) in [4.78, 5) is 14.2. The molecule has 0 radical (unpaired) electrons. The lowest BCUT2D eigenvalue weighted by Crippen LogP contribution is -2.12. The molecule has 0 saturated carbocycles. The standard InChI is InChI=1S/C7H14N2O2/c1-5(7(10)11)3-4-9-6(2)8/h5H,3-4H2,1-2H3,(H2,8,9)(H,10,11)/t5-/m1/s1. The van der Waals surface area contributed by atoms with Crippen molar-refractivity contribution in [2.45, 2.75) is 20.3 Å². The summed E-state index contributed by atoms with van der Waals surface area (Å²) >= 11 is 0. The number of aliphatic carboxylic acids is 1. The van der Waals surface area contributed by atoms with Crippen LogP contribution in [0, 0.1) is 5.92 Å². The van der Waals surface area contributed by atoms with E-state index in [9.17, 15) is 4.79 Å². The van der Waals surface area contributed by atoms with E-state index in [-0.39, 0.29) is 5.92 Å². The smallest absolute Gasteiger partial charge is 0.306 e. The molecule has 0 amide bonds. The van der Waals surface area contributed by atoms with Gasteiger partial charge in [-0.2, -0.15) is 0 Å². The summed E-state index contributed by atoms with van der Waals surface area (Å²) < 4.78 is 0. The zero-order valence-electron chi connectivity index (χ0n) is 6.87. The van der Waals surface area contributed by atoms with Crippen molar-refractivity contribution in [2.24, 2.45) is 16.6 Å². The lowest BCUT2D eigenvalue weighted by molar-refractivity contribution is -0.141. The molecule has 64 valence electrons. The predicted molar refractivity (Wildman–Crippen MR) is 43.6 cm³/mol. The van der Waals surface area contributed by atoms with Crippen molar-refractivity contribution in [2.75, 3.05) is 6.54 Å². The van der Waals surface area contributed by atoms with E-state index in [1.54, 1.807) is 13.8 Å². The van der Waals surface area contributed by atoms with Crippen molar-refractivity contribution in [1.29, 1.82) is 0 Å². The number of nitrogens with zero attached hydrogens (tertiary/aromatic N) is 1. The zero-order chi connectivity index (χ0) is 8.85. The molecule has 1 atom stereocenters. The maximum atomic E-state index is 10.3. The average Bonchev–Trinajstić information content (AvgIpc) is 1.86. The first-order chi connectivity index (χ1) is 5.04. The van der Waals surface area contributed by atoms with Gasteiger partial charge in [0.2, 0.25) is 0 Å². The second-order valence-corrected chi connectivity index (χ2v) is 2.55. The molecule has 0 aromatic carbocycles. The fraction of sp³-hybridized carbons (Fsp3) is 0.714. The molecule has 0 aliphatic heterocycles. The Kier molecular flexibility index (Phi) is 4.26. The van der Waals surface area contributed by atoms with E-state index in [0.29, 0.717) is 18.8 Å². The van der Waals surface area contributed by atoms with Gasteiger partial charge in [0.15, 0.2) is 0 Å². The third kappa shape index (κ3) is 5.39. The predicted octanol–water partition coefficient (Wildman–Crippen LogP) is 0.474. The molecule has 0 spiro atoms. The fourth-order valence-corrected chi connectivity index (χ4v) is 0.558. The van der Waals surface area contributed by atoms with Crippen LogP contribution in [-0.2, 0) is 4.79 Å². The van der Waals surface area contributed by atoms with Crippen molar-refractivity contribution in [3.8, 4) is 0 Å². The van der Waals surface area contributed by atoms with Crippen LogP contribution in [0.4, 0.5) is 0 Å². The second-order valence-electron chi connectivity index (χ2n) is 2.55. The number of hydrogen-bond acceptors (Lipinski definition) is 2. The molecule has 11 heavy (non-hydrogen) atoms. The maximum Gasteiger partial charge on any atom is 0.306 e. The number of nitrogens with two attached hydrogens (primary N) is 1. The van der Waals surface area contributed by atoms with Crippen LogP contribution >= 0.6 is 0 Å². The Hall–Kier alpha value is -1.06. The third-order valence-corrected chi connectivity index (χ3v) is 1.34. The van der Waals surface area contributed by atoms with Crippen LogP contribution in [0.25, 0.3) is 0 Å². The summed E-state index contributed by atoms with van der Waals surface area (Å²) in [6, 6.07) is 0. The minimum atomic E-state index is -0.783. The highest BCUT2D eigenvalue weighted by Crippen LogP contribution is 2.00. The van der Waals surface area contributed by atoms with E-state index in [0.717, 1.165) is 0 Å². The topological polar surface area (TPSA) is 75.7 Å². The molecule has 0 rings (SSSR count). The van der Waals surface area contributed by atoms with E-state index in [1.807, 2.05) is 0 Å². The van der Waals surface area contributed by atoms with E-state index in [4.69, 9.17) is 10.8 Å². The highest BCUT2D eigenvalue weighted by molar-refractivity contribution is 5.77. The number of amidine groups is 1. The van der Waals surface area contributed by atoms with Crippen LogP contribution in [0.5, 0.6) is 0 Å². The van der Waals surface area contributed by atoms with E-state index >= 15 is 0 Å². The van der Waals surface area contributed by atoms with Gasteiger partial charge in [-0.3, -0.25) is 9.79 Å². The van der Waals surface area contributed by atoms with Crippen LogP contribution in [0.3, 0.4) is 0 Å². The third-order valence-electron chi connectivity index (χ3n) is 1.34. The van der Waals surface area contributed by atoms with Crippen molar-refractivity contribution in [3.63, 3.8) is 0 Å². The lowest BCUT2D eigenvalue weighted by Gasteiger charge is -2.01. The molecule has 0 aliphatic carbocycles. The van der Waals surface area contributed by atoms with Crippen molar-refractivity contribution >= 4 is 11.8 Å². The van der Waals surface area contributed by atoms with Crippen LogP contribution in [0.15, 0.2) is 4.99 Å². The molecule has 3 N–H and O–H groups in total. The molecule has 0 fully saturated rings. The van der Waals surface area contributed by atoms with E-state index in [1.165, 1.54) is 0 Å². The van der Waals surface area contributed by atoms with Crippen LogP contribution in [0.2, 0.25) is 0 Å². The van der Waals surface area contributed by atoms with Gasteiger partial charge in [0.1, 0.15) is 0 Å². The van der Waals surface area contributed by atoms with Gasteiger partial charge in [0, 0.05) is 6.54 Å². The molecule has 4 nitrogen and oxygen atoms in total. The maximum absolute atomic E-state index is 10.3. The second kappa shape index (κ2) is 4.71. The van der Waals surface area contributed by atoms with Gasteiger partial charge in [-0.25, -0.2) is 0 Å². The van der Waals surface area contributed by atoms with Crippen LogP contribution in [0.1, 0.15) is 20.3 Å². The first kappa shape index (κ1) is 9.94. The Morgan fingerprint density at radius 3 is 2.64 bits per heavy atom. The monoisotopic (exact) mass is 158 g/mol. The lowest BCUT2D eigenvalue weighted by atomic mass is 10.1. The normalized spacial score (nSPS) is 14.5. The molecule has 0 unspecified atom stereocenters. The van der Waals surface area contributed by atoms with Crippen molar-refractivity contribution in [3.05, 3.63) is 0 Å². The molecular formula is C7H14N2O2. The molecular weight excluding hydrogens is 144 g/mol. The van der Waals surface area contributed by atoms with Gasteiger partial charge in [-0.1, -0.05) is 6.92 Å². The number of rotatable bonds is 4. The summed E-state index contributed by atoms with van der Waals surface area (Å²) in [6.45, 7) is 3.84. The highest BCUT2D eigenvalue weighted by atomic mass is 16.4. The minimum Gasteiger partial charge on any atom is -0.481 e. The number of carbonyl (C=O) groups is 1. The Morgan fingerprint density at radius 1 is 1.73 bits per heavy atom. The summed E-state index contributed by atoms with van der Waals surface area (Å²) in [7, 11) is 0. The van der Waals surface area contributed by atoms with Crippen LogP contribution < -0.4 is 5.73 Å². The Balaban J connectivity index is 3.55. The molecule has 0 heterocycles. The van der Waals surface area contributed by atoms with Crippen molar-refractivity contribution < 1.29 is 9.90 Å². The van der Waals surface area contributed by atoms with E-state index in [2.05, 4.69) is 4.99 Å². The molecule has 0 bridgehead atoms. The first-order valence-corrected chi connectivity index (χ1v) is 3.53. The Bertz CT molecular complexity index is 162. The van der Waals surface area contributed by atoms with Gasteiger partial charge in [-0.15, -0.1) is 0 Å². The minimum absolute atomic E-state index is 0.335. The first-order valence-electron chi connectivity index (χ1n) is 3.53. The average molecular weight is 158 g/mol. The van der Waals surface area contributed by atoms with Gasteiger partial charge >= 0.3 is 5.97 Å². The van der Waals surface area contributed by atoms with Crippen LogP contribution in [-0.4, -0.2) is 23.5 Å². The summed E-state index contributed by atoms with van der Waals surface area (Å²) in [6.07, 6.45) is 0.546. The van der Waals surface area contributed by atoms with E-state index < -0.39 is 5.97 Å². The molecule has 0 aromatic rings. The largest absolute Gasteiger partial charge is 0.481 e. The summed E-state index contributed by atoms with van der Waals surface area (Å²) in [5, 5.41) is 8.47. The Morgan fingerprint density at radius 2 is 2.27 bits per heavy atom. The van der Waals surface area contributed by atoms with Gasteiger partial charge in [0.25, 0.3) is 0 Å². The number of aliphatic imine (C=N–C) groups is 1. The number of carboxylic acids is 1. The molecule has 4 heteroatoms. The van der Waals surface area contributed by atoms with Gasteiger partial charge in [-0.05, 0) is 13.3 Å². The molecule has 0 aromatic heterocycles. The number of carboxylic acid groups (broad SMARTS) is 1. The summed E-state index contributed by atoms with van der Waals surface area (Å²) in [5.74, 6) is -0.615. The molecule has 0 aliphatic rings. The summed E-state index contributed by atoms with van der Waals surface area (Å²) in [5.41, 5.74) is 5.26.